The molecular weight excluding hydrogens is 212 g/mol. The maximum absolute atomic E-state index is 11.6. The molecule has 0 saturated carbocycles. The number of pyridine rings is 1. The topological polar surface area (TPSA) is 33.2 Å². The molecule has 3 nitrogen and oxygen atoms in total. The predicted octanol–water partition coefficient (Wildman–Crippen LogP) is 2.07. The highest BCUT2D eigenvalue weighted by molar-refractivity contribution is 5.81. The first-order chi connectivity index (χ1) is 8.27. The standard InChI is InChI=1S/C14H20N2O/c1-12(17)14-7-3-5-10-16(14)11-8-13-6-2-4-9-15-13/h2,4,6,9,14H,3,5,7-8,10-11H2,1H3. The Morgan fingerprint density at radius 2 is 2.35 bits per heavy atom. The highest BCUT2D eigenvalue weighted by atomic mass is 16.1. The van der Waals surface area contributed by atoms with Gasteiger partial charge in [-0.05, 0) is 38.4 Å². The molecule has 0 aliphatic carbocycles. The van der Waals surface area contributed by atoms with Crippen LogP contribution in [0.3, 0.4) is 0 Å². The first-order valence-corrected chi connectivity index (χ1v) is 6.42. The van der Waals surface area contributed by atoms with E-state index < -0.39 is 0 Å². The molecule has 17 heavy (non-hydrogen) atoms. The van der Waals surface area contributed by atoms with E-state index in [2.05, 4.69) is 9.88 Å². The molecule has 1 aliphatic heterocycles. The summed E-state index contributed by atoms with van der Waals surface area (Å²) < 4.78 is 0. The van der Waals surface area contributed by atoms with Crippen molar-refractivity contribution in [2.75, 3.05) is 13.1 Å². The van der Waals surface area contributed by atoms with E-state index in [0.29, 0.717) is 5.78 Å². The number of likely N-dealkylation sites (tertiary alicyclic amines) is 1. The number of hydrogen-bond donors (Lipinski definition) is 0. The molecule has 1 aromatic rings. The number of nitrogens with zero attached hydrogens (tertiary/aromatic N) is 2. The minimum atomic E-state index is 0.146. The lowest BCUT2D eigenvalue weighted by Gasteiger charge is -2.33. The van der Waals surface area contributed by atoms with Crippen LogP contribution in [0.25, 0.3) is 0 Å². The molecule has 2 heterocycles. The van der Waals surface area contributed by atoms with Crippen molar-refractivity contribution >= 4 is 5.78 Å². The van der Waals surface area contributed by atoms with E-state index in [1.807, 2.05) is 24.4 Å². The van der Waals surface area contributed by atoms with Crippen LogP contribution in [0.1, 0.15) is 31.9 Å². The molecule has 1 aliphatic rings. The number of carbonyl (C=O) groups is 1. The summed E-state index contributed by atoms with van der Waals surface area (Å²) in [4.78, 5) is 18.2. The van der Waals surface area contributed by atoms with Crippen molar-refractivity contribution in [2.24, 2.45) is 0 Å². The largest absolute Gasteiger partial charge is 0.298 e. The van der Waals surface area contributed by atoms with Crippen molar-refractivity contribution in [1.82, 2.24) is 9.88 Å². The molecule has 92 valence electrons. The Kier molecular flexibility index (Phi) is 4.26. The lowest BCUT2D eigenvalue weighted by atomic mass is 9.99. The molecule has 0 spiro atoms. The summed E-state index contributed by atoms with van der Waals surface area (Å²) in [5.41, 5.74) is 1.11. The fourth-order valence-electron chi connectivity index (χ4n) is 2.52. The van der Waals surface area contributed by atoms with Crippen molar-refractivity contribution in [3.05, 3.63) is 30.1 Å². The number of ketones is 1. The van der Waals surface area contributed by atoms with Gasteiger partial charge in [0.15, 0.2) is 0 Å². The van der Waals surface area contributed by atoms with Gasteiger partial charge in [-0.1, -0.05) is 12.5 Å². The first kappa shape index (κ1) is 12.2. The third kappa shape index (κ3) is 3.37. The summed E-state index contributed by atoms with van der Waals surface area (Å²) in [5.74, 6) is 0.311. The molecule has 1 fully saturated rings. The van der Waals surface area contributed by atoms with Crippen LogP contribution in [0.5, 0.6) is 0 Å². The minimum Gasteiger partial charge on any atom is -0.298 e. The molecule has 1 unspecified atom stereocenters. The molecular formula is C14H20N2O. The Hall–Kier alpha value is -1.22. The fourth-order valence-corrected chi connectivity index (χ4v) is 2.52. The molecule has 0 bridgehead atoms. The average Bonchev–Trinajstić information content (AvgIpc) is 2.38. The zero-order valence-corrected chi connectivity index (χ0v) is 10.4. The Labute approximate surface area is 103 Å². The van der Waals surface area contributed by atoms with Crippen molar-refractivity contribution in [3.63, 3.8) is 0 Å². The second kappa shape index (κ2) is 5.92. The molecule has 1 atom stereocenters. The number of aromatic nitrogens is 1. The first-order valence-electron chi connectivity index (χ1n) is 6.42. The average molecular weight is 232 g/mol. The number of Topliss-reactive ketones (excluding diaryl/α,β-unsaturated/α-hetero) is 1. The number of rotatable bonds is 4. The van der Waals surface area contributed by atoms with Crippen molar-refractivity contribution in [1.29, 1.82) is 0 Å². The zero-order valence-electron chi connectivity index (χ0n) is 10.4. The normalized spacial score (nSPS) is 21.4. The Morgan fingerprint density at radius 3 is 3.06 bits per heavy atom. The van der Waals surface area contributed by atoms with Gasteiger partial charge in [0, 0.05) is 24.9 Å². The van der Waals surface area contributed by atoms with Crippen molar-refractivity contribution in [3.8, 4) is 0 Å². The third-order valence-electron chi connectivity index (χ3n) is 3.46. The summed E-state index contributed by atoms with van der Waals surface area (Å²) in [5, 5.41) is 0. The van der Waals surface area contributed by atoms with E-state index in [4.69, 9.17) is 0 Å². The quantitative estimate of drug-likeness (QED) is 0.796. The van der Waals surface area contributed by atoms with Gasteiger partial charge in [0.1, 0.15) is 5.78 Å². The lowest BCUT2D eigenvalue weighted by Crippen LogP contribution is -2.44. The van der Waals surface area contributed by atoms with Gasteiger partial charge >= 0.3 is 0 Å². The van der Waals surface area contributed by atoms with Gasteiger partial charge in [0.05, 0.1) is 6.04 Å². The Morgan fingerprint density at radius 1 is 1.47 bits per heavy atom. The smallest absolute Gasteiger partial charge is 0.146 e. The molecule has 1 saturated heterocycles. The van der Waals surface area contributed by atoms with Crippen LogP contribution in [-0.2, 0) is 11.2 Å². The van der Waals surface area contributed by atoms with E-state index in [-0.39, 0.29) is 6.04 Å². The summed E-state index contributed by atoms with van der Waals surface area (Å²) in [7, 11) is 0. The van der Waals surface area contributed by atoms with Crippen LogP contribution in [0.2, 0.25) is 0 Å². The summed E-state index contributed by atoms with van der Waals surface area (Å²) in [6.45, 7) is 3.71. The molecule has 2 rings (SSSR count). The van der Waals surface area contributed by atoms with Gasteiger partial charge in [-0.15, -0.1) is 0 Å². The molecule has 0 amide bonds. The van der Waals surface area contributed by atoms with Crippen LogP contribution < -0.4 is 0 Å². The number of piperidine rings is 1. The van der Waals surface area contributed by atoms with Crippen molar-refractivity contribution in [2.45, 2.75) is 38.6 Å². The van der Waals surface area contributed by atoms with Crippen LogP contribution in [0, 0.1) is 0 Å². The van der Waals surface area contributed by atoms with Gasteiger partial charge < -0.3 is 0 Å². The predicted molar refractivity (Wildman–Crippen MR) is 67.8 cm³/mol. The maximum Gasteiger partial charge on any atom is 0.146 e. The second-order valence-electron chi connectivity index (χ2n) is 4.73. The third-order valence-corrected chi connectivity index (χ3v) is 3.46. The van der Waals surface area contributed by atoms with Gasteiger partial charge in [0.2, 0.25) is 0 Å². The lowest BCUT2D eigenvalue weighted by molar-refractivity contribution is -0.123. The summed E-state index contributed by atoms with van der Waals surface area (Å²) in [6.07, 6.45) is 6.19. The monoisotopic (exact) mass is 232 g/mol. The zero-order chi connectivity index (χ0) is 12.1. The van der Waals surface area contributed by atoms with Crippen LogP contribution in [-0.4, -0.2) is 34.8 Å². The Bertz CT molecular complexity index is 364. The molecule has 3 heteroatoms. The van der Waals surface area contributed by atoms with E-state index in [0.717, 1.165) is 31.6 Å². The molecule has 0 N–H and O–H groups in total. The van der Waals surface area contributed by atoms with Crippen molar-refractivity contribution < 1.29 is 4.79 Å². The minimum absolute atomic E-state index is 0.146. The van der Waals surface area contributed by atoms with E-state index in [9.17, 15) is 4.79 Å². The summed E-state index contributed by atoms with van der Waals surface area (Å²) >= 11 is 0. The molecule has 1 aromatic heterocycles. The van der Waals surface area contributed by atoms with E-state index >= 15 is 0 Å². The van der Waals surface area contributed by atoms with Gasteiger partial charge in [-0.25, -0.2) is 0 Å². The van der Waals surface area contributed by atoms with Gasteiger partial charge in [0.25, 0.3) is 0 Å². The molecule has 0 aromatic carbocycles. The van der Waals surface area contributed by atoms with E-state index in [1.54, 1.807) is 6.92 Å². The second-order valence-corrected chi connectivity index (χ2v) is 4.73. The van der Waals surface area contributed by atoms with Crippen LogP contribution in [0.15, 0.2) is 24.4 Å². The number of hydrogen-bond acceptors (Lipinski definition) is 3. The van der Waals surface area contributed by atoms with Crippen LogP contribution >= 0.6 is 0 Å². The van der Waals surface area contributed by atoms with E-state index in [1.165, 1.54) is 12.8 Å². The van der Waals surface area contributed by atoms with Gasteiger partial charge in [-0.2, -0.15) is 0 Å². The number of carbonyl (C=O) groups excluding carboxylic acids is 1. The highest BCUT2D eigenvalue weighted by Gasteiger charge is 2.25. The maximum atomic E-state index is 11.6. The van der Waals surface area contributed by atoms with Crippen LogP contribution in [0.4, 0.5) is 0 Å². The SMILES string of the molecule is CC(=O)C1CCCCN1CCc1ccccn1. The summed E-state index contributed by atoms with van der Waals surface area (Å²) in [6, 6.07) is 6.14. The highest BCUT2D eigenvalue weighted by Crippen LogP contribution is 2.17. The van der Waals surface area contributed by atoms with Gasteiger partial charge in [-0.3, -0.25) is 14.7 Å². The Balaban J connectivity index is 1.90. The molecule has 0 radical (unpaired) electrons. The fraction of sp³-hybridized carbons (Fsp3) is 0.571.